The molecular weight excluding hydrogens is 318 g/mol. The average Bonchev–Trinajstić information content (AvgIpc) is 2.83. The molecule has 0 aromatic carbocycles. The van der Waals surface area contributed by atoms with Crippen LogP contribution in [0.2, 0.25) is 0 Å². The average molecular weight is 354 g/mol. The van der Waals surface area contributed by atoms with Crippen LogP contribution in [0.3, 0.4) is 0 Å². The maximum absolute atomic E-state index is 12.9. The Morgan fingerprint density at radius 3 is 2.48 bits per heavy atom. The summed E-state index contributed by atoms with van der Waals surface area (Å²) >= 11 is 0. The van der Waals surface area contributed by atoms with E-state index in [4.69, 9.17) is 4.74 Å². The summed E-state index contributed by atoms with van der Waals surface area (Å²) in [6.45, 7) is 14.0. The number of morpholine rings is 1. The molecule has 0 aromatic rings. The Labute approximate surface area is 152 Å². The molecular formula is C19H35N3O3. The molecule has 1 saturated heterocycles. The van der Waals surface area contributed by atoms with Crippen LogP contribution >= 0.6 is 0 Å². The lowest BCUT2D eigenvalue weighted by molar-refractivity contribution is -0.138. The molecule has 2 rings (SSSR count). The first-order valence-corrected chi connectivity index (χ1v) is 9.69. The van der Waals surface area contributed by atoms with Gasteiger partial charge in [-0.2, -0.15) is 0 Å². The van der Waals surface area contributed by atoms with Crippen molar-refractivity contribution in [3.05, 3.63) is 0 Å². The first-order valence-electron chi connectivity index (χ1n) is 9.69. The third-order valence-corrected chi connectivity index (χ3v) is 6.44. The molecule has 0 radical (unpaired) electrons. The zero-order valence-electron chi connectivity index (χ0n) is 16.3. The molecule has 2 fully saturated rings. The second-order valence-corrected chi connectivity index (χ2v) is 8.10. The molecule has 144 valence electrons. The third-order valence-electron chi connectivity index (χ3n) is 6.44. The van der Waals surface area contributed by atoms with Crippen LogP contribution in [-0.2, 0) is 14.3 Å². The van der Waals surface area contributed by atoms with Crippen LogP contribution in [0, 0.1) is 16.7 Å². The van der Waals surface area contributed by atoms with Crippen LogP contribution < -0.4 is 10.6 Å². The fraction of sp³-hybridized carbons (Fsp3) is 0.895. The second kappa shape index (κ2) is 8.49. The lowest BCUT2D eigenvalue weighted by Gasteiger charge is -2.40. The molecule has 6 heteroatoms. The van der Waals surface area contributed by atoms with E-state index in [1.54, 1.807) is 0 Å². The Kier molecular flexibility index (Phi) is 6.86. The van der Waals surface area contributed by atoms with Gasteiger partial charge in [0.05, 0.1) is 18.6 Å². The van der Waals surface area contributed by atoms with E-state index in [2.05, 4.69) is 29.4 Å². The molecule has 1 aliphatic carbocycles. The van der Waals surface area contributed by atoms with Gasteiger partial charge in [-0.05, 0) is 38.1 Å². The van der Waals surface area contributed by atoms with E-state index in [1.165, 1.54) is 0 Å². The summed E-state index contributed by atoms with van der Waals surface area (Å²) in [4.78, 5) is 27.6. The van der Waals surface area contributed by atoms with Gasteiger partial charge < -0.3 is 15.4 Å². The van der Waals surface area contributed by atoms with Crippen LogP contribution in [0.25, 0.3) is 0 Å². The van der Waals surface area contributed by atoms with E-state index in [0.29, 0.717) is 13.1 Å². The number of nitrogens with zero attached hydrogens (tertiary/aromatic N) is 1. The zero-order chi connectivity index (χ0) is 18.5. The van der Waals surface area contributed by atoms with Gasteiger partial charge >= 0.3 is 0 Å². The lowest BCUT2D eigenvalue weighted by Crippen LogP contribution is -2.49. The topological polar surface area (TPSA) is 70.7 Å². The largest absolute Gasteiger partial charge is 0.379 e. The molecule has 2 N–H and O–H groups in total. The highest BCUT2D eigenvalue weighted by atomic mass is 16.5. The molecule has 1 saturated carbocycles. The number of ether oxygens (including phenoxy) is 1. The first kappa shape index (κ1) is 20.2. The Morgan fingerprint density at radius 2 is 1.84 bits per heavy atom. The summed E-state index contributed by atoms with van der Waals surface area (Å²) in [5, 5.41) is 6.05. The number of rotatable bonds is 7. The number of hydrogen-bond acceptors (Lipinski definition) is 4. The molecule has 1 heterocycles. The van der Waals surface area contributed by atoms with E-state index in [9.17, 15) is 9.59 Å². The normalized spacial score (nSPS) is 29.4. The van der Waals surface area contributed by atoms with Crippen LogP contribution in [0.5, 0.6) is 0 Å². The molecule has 1 aliphatic heterocycles. The van der Waals surface area contributed by atoms with Gasteiger partial charge in [0, 0.05) is 32.1 Å². The fourth-order valence-electron chi connectivity index (χ4n) is 4.19. The van der Waals surface area contributed by atoms with Crippen molar-refractivity contribution in [1.29, 1.82) is 0 Å². The van der Waals surface area contributed by atoms with Crippen LogP contribution in [0.4, 0.5) is 0 Å². The van der Waals surface area contributed by atoms with Gasteiger partial charge in [0.1, 0.15) is 0 Å². The molecule has 6 nitrogen and oxygen atoms in total. The Morgan fingerprint density at radius 1 is 1.16 bits per heavy atom. The van der Waals surface area contributed by atoms with Crippen LogP contribution in [0.1, 0.15) is 47.0 Å². The predicted octanol–water partition coefficient (Wildman–Crippen LogP) is 1.40. The van der Waals surface area contributed by atoms with Crippen molar-refractivity contribution >= 4 is 11.8 Å². The molecule has 0 bridgehead atoms. The van der Waals surface area contributed by atoms with Crippen molar-refractivity contribution in [2.75, 3.05) is 45.9 Å². The van der Waals surface area contributed by atoms with Gasteiger partial charge in [-0.1, -0.05) is 20.8 Å². The van der Waals surface area contributed by atoms with E-state index in [1.807, 2.05) is 13.8 Å². The molecule has 25 heavy (non-hydrogen) atoms. The van der Waals surface area contributed by atoms with Crippen LogP contribution in [-0.4, -0.2) is 62.7 Å². The lowest BCUT2D eigenvalue weighted by atomic mass is 9.65. The fourth-order valence-corrected chi connectivity index (χ4v) is 4.19. The summed E-state index contributed by atoms with van der Waals surface area (Å²) in [6.07, 6.45) is 2.48. The van der Waals surface area contributed by atoms with Crippen molar-refractivity contribution < 1.29 is 14.3 Å². The molecule has 2 atom stereocenters. The summed E-state index contributed by atoms with van der Waals surface area (Å²) in [6, 6.07) is 0. The van der Waals surface area contributed by atoms with Crippen molar-refractivity contribution in [2.45, 2.75) is 47.0 Å². The van der Waals surface area contributed by atoms with Gasteiger partial charge in [-0.3, -0.25) is 14.5 Å². The monoisotopic (exact) mass is 353 g/mol. The van der Waals surface area contributed by atoms with Gasteiger partial charge in [0.25, 0.3) is 0 Å². The second-order valence-electron chi connectivity index (χ2n) is 8.10. The number of hydrogen-bond donors (Lipinski definition) is 2. The minimum absolute atomic E-state index is 0.0799. The Bertz CT molecular complexity index is 475. The number of carbonyl (C=O) groups excluding carboxylic acids is 2. The highest BCUT2D eigenvalue weighted by Gasteiger charge is 2.57. The van der Waals surface area contributed by atoms with E-state index < -0.39 is 5.41 Å². The van der Waals surface area contributed by atoms with Crippen molar-refractivity contribution in [1.82, 2.24) is 15.5 Å². The number of carbonyl (C=O) groups is 2. The summed E-state index contributed by atoms with van der Waals surface area (Å²) < 4.78 is 5.35. The van der Waals surface area contributed by atoms with Crippen molar-refractivity contribution in [3.8, 4) is 0 Å². The standard InChI is InChI=1S/C19H35N3O3/c1-5-20-16(23)15-7-8-19(4,18(15,2)3)17(24)21-9-6-10-22-11-13-25-14-12-22/h15H,5-14H2,1-4H3,(H,20,23)(H,21,24)/t15-,19+/m0/s1. The van der Waals surface area contributed by atoms with Gasteiger partial charge in [-0.25, -0.2) is 0 Å². The van der Waals surface area contributed by atoms with Crippen molar-refractivity contribution in [2.24, 2.45) is 16.7 Å². The van der Waals surface area contributed by atoms with Crippen molar-refractivity contribution in [3.63, 3.8) is 0 Å². The third kappa shape index (κ3) is 4.34. The SMILES string of the molecule is CCNC(=O)[C@@H]1CC[C@](C)(C(=O)NCCCN2CCOCC2)C1(C)C. The van der Waals surface area contributed by atoms with E-state index in [-0.39, 0.29) is 23.1 Å². The molecule has 0 spiro atoms. The van der Waals surface area contributed by atoms with E-state index >= 15 is 0 Å². The van der Waals surface area contributed by atoms with Gasteiger partial charge in [0.2, 0.25) is 11.8 Å². The summed E-state index contributed by atoms with van der Waals surface area (Å²) in [7, 11) is 0. The molecule has 2 amide bonds. The highest BCUT2D eigenvalue weighted by Crippen LogP contribution is 2.56. The smallest absolute Gasteiger partial charge is 0.226 e. The van der Waals surface area contributed by atoms with Crippen LogP contribution in [0.15, 0.2) is 0 Å². The molecule has 2 aliphatic rings. The summed E-state index contributed by atoms with van der Waals surface area (Å²) in [5.41, 5.74) is -0.845. The zero-order valence-corrected chi connectivity index (χ0v) is 16.3. The summed E-state index contributed by atoms with van der Waals surface area (Å²) in [5.74, 6) is 0.0687. The maximum atomic E-state index is 12.9. The van der Waals surface area contributed by atoms with Gasteiger partial charge in [0.15, 0.2) is 0 Å². The minimum atomic E-state index is -0.498. The number of amides is 2. The molecule has 0 aromatic heterocycles. The number of nitrogens with one attached hydrogen (secondary N) is 2. The quantitative estimate of drug-likeness (QED) is 0.679. The Balaban J connectivity index is 1.84. The first-order chi connectivity index (χ1) is 11.8. The minimum Gasteiger partial charge on any atom is -0.379 e. The highest BCUT2D eigenvalue weighted by molar-refractivity contribution is 5.87. The molecule has 0 unspecified atom stereocenters. The van der Waals surface area contributed by atoms with Gasteiger partial charge in [-0.15, -0.1) is 0 Å². The predicted molar refractivity (Wildman–Crippen MR) is 98.2 cm³/mol. The Hall–Kier alpha value is -1.14. The maximum Gasteiger partial charge on any atom is 0.226 e. The van der Waals surface area contributed by atoms with E-state index in [0.717, 1.165) is 52.1 Å².